The first-order valence-corrected chi connectivity index (χ1v) is 5.80. The third-order valence-electron chi connectivity index (χ3n) is 1.60. The molecule has 1 nitrogen and oxygen atoms in total. The normalized spacial score (nSPS) is 14.8. The van der Waals surface area contributed by atoms with Crippen LogP contribution in [0.4, 0.5) is 0 Å². The van der Waals surface area contributed by atoms with Crippen molar-refractivity contribution >= 4 is 11.8 Å². The van der Waals surface area contributed by atoms with Gasteiger partial charge in [0.2, 0.25) is 0 Å². The molecular weight excluding hydrogens is 168 g/mol. The second-order valence-electron chi connectivity index (χ2n) is 4.67. The Hall–Kier alpha value is 0.310. The van der Waals surface area contributed by atoms with Crippen molar-refractivity contribution in [1.82, 2.24) is 0 Å². The molecule has 0 fully saturated rings. The van der Waals surface area contributed by atoms with E-state index in [1.165, 1.54) is 12.2 Å². The molecule has 0 rings (SSSR count). The number of aliphatic hydroxyl groups excluding tert-OH is 1. The molecule has 1 N–H and O–H groups in total. The average Bonchev–Trinajstić information content (AvgIpc) is 1.84. The fourth-order valence-corrected chi connectivity index (χ4v) is 2.27. The maximum atomic E-state index is 8.59. The molecular formula is C10H22OS. The van der Waals surface area contributed by atoms with Crippen molar-refractivity contribution in [2.24, 2.45) is 11.3 Å². The van der Waals surface area contributed by atoms with Crippen molar-refractivity contribution in [3.63, 3.8) is 0 Å². The minimum Gasteiger partial charge on any atom is -0.396 e. The number of hydrogen-bond donors (Lipinski definition) is 1. The molecule has 1 atom stereocenters. The largest absolute Gasteiger partial charge is 0.396 e. The summed E-state index contributed by atoms with van der Waals surface area (Å²) in [5.74, 6) is 2.83. The standard InChI is InChI=1S/C10H22OS/c1-9(7-10(2,3)4)8-12-6-5-11/h9,11H,5-8H2,1-4H3. The van der Waals surface area contributed by atoms with Crippen LogP contribution in [0.1, 0.15) is 34.1 Å². The molecule has 0 amide bonds. The highest BCUT2D eigenvalue weighted by atomic mass is 32.2. The summed E-state index contributed by atoms with van der Waals surface area (Å²) in [5.41, 5.74) is 0.444. The fourth-order valence-electron chi connectivity index (χ4n) is 1.45. The molecule has 74 valence electrons. The number of thioether (sulfide) groups is 1. The maximum Gasteiger partial charge on any atom is 0.0521 e. The van der Waals surface area contributed by atoms with Gasteiger partial charge in [0, 0.05) is 5.75 Å². The van der Waals surface area contributed by atoms with E-state index in [2.05, 4.69) is 27.7 Å². The quantitative estimate of drug-likeness (QED) is 0.673. The van der Waals surface area contributed by atoms with Crippen LogP contribution in [-0.4, -0.2) is 23.2 Å². The topological polar surface area (TPSA) is 20.2 Å². The summed E-state index contributed by atoms with van der Waals surface area (Å²) in [6.45, 7) is 9.43. The predicted molar refractivity (Wildman–Crippen MR) is 57.6 cm³/mol. The molecule has 0 spiro atoms. The summed E-state index contributed by atoms with van der Waals surface area (Å²) in [6.07, 6.45) is 1.27. The molecule has 0 aromatic carbocycles. The monoisotopic (exact) mass is 190 g/mol. The Balaban J connectivity index is 3.40. The van der Waals surface area contributed by atoms with E-state index in [0.717, 1.165) is 11.7 Å². The Morgan fingerprint density at radius 3 is 2.33 bits per heavy atom. The predicted octanol–water partition coefficient (Wildman–Crippen LogP) is 2.78. The lowest BCUT2D eigenvalue weighted by Crippen LogP contribution is -2.12. The number of rotatable bonds is 5. The molecule has 12 heavy (non-hydrogen) atoms. The summed E-state index contributed by atoms with van der Waals surface area (Å²) in [6, 6.07) is 0. The van der Waals surface area contributed by atoms with Gasteiger partial charge in [0.1, 0.15) is 0 Å². The van der Waals surface area contributed by atoms with Crippen LogP contribution in [0.3, 0.4) is 0 Å². The summed E-state index contributed by atoms with van der Waals surface area (Å²) >= 11 is 1.85. The van der Waals surface area contributed by atoms with Crippen LogP contribution < -0.4 is 0 Å². The Morgan fingerprint density at radius 2 is 1.92 bits per heavy atom. The molecule has 0 aliphatic carbocycles. The molecule has 0 saturated carbocycles. The molecule has 0 aliphatic heterocycles. The van der Waals surface area contributed by atoms with Crippen LogP contribution in [0.25, 0.3) is 0 Å². The third-order valence-corrected chi connectivity index (χ3v) is 2.87. The molecule has 0 aliphatic rings. The summed E-state index contributed by atoms with van der Waals surface area (Å²) in [5, 5.41) is 8.59. The highest BCUT2D eigenvalue weighted by Gasteiger charge is 2.14. The summed E-state index contributed by atoms with van der Waals surface area (Å²) in [7, 11) is 0. The van der Waals surface area contributed by atoms with Crippen molar-refractivity contribution in [2.75, 3.05) is 18.1 Å². The van der Waals surface area contributed by atoms with Crippen LogP contribution in [-0.2, 0) is 0 Å². The number of aliphatic hydroxyl groups is 1. The van der Waals surface area contributed by atoms with E-state index in [9.17, 15) is 0 Å². The van der Waals surface area contributed by atoms with Crippen LogP contribution in [0.15, 0.2) is 0 Å². The van der Waals surface area contributed by atoms with Crippen molar-refractivity contribution in [1.29, 1.82) is 0 Å². The minimum absolute atomic E-state index is 0.312. The maximum absolute atomic E-state index is 8.59. The van der Waals surface area contributed by atoms with Gasteiger partial charge in [0.05, 0.1) is 6.61 Å². The first-order valence-electron chi connectivity index (χ1n) is 4.64. The lowest BCUT2D eigenvalue weighted by Gasteiger charge is -2.22. The van der Waals surface area contributed by atoms with Crippen molar-refractivity contribution < 1.29 is 5.11 Å². The highest BCUT2D eigenvalue weighted by Crippen LogP contribution is 2.25. The van der Waals surface area contributed by atoms with Gasteiger partial charge >= 0.3 is 0 Å². The zero-order valence-electron chi connectivity index (χ0n) is 8.76. The molecule has 1 unspecified atom stereocenters. The van der Waals surface area contributed by atoms with Gasteiger partial charge < -0.3 is 5.11 Å². The zero-order valence-corrected chi connectivity index (χ0v) is 9.58. The Labute approximate surface area is 80.9 Å². The minimum atomic E-state index is 0.312. The average molecular weight is 190 g/mol. The first kappa shape index (κ1) is 12.3. The zero-order chi connectivity index (χ0) is 9.61. The van der Waals surface area contributed by atoms with E-state index in [4.69, 9.17) is 5.11 Å². The molecule has 0 heterocycles. The molecule has 0 radical (unpaired) electrons. The molecule has 0 saturated heterocycles. The van der Waals surface area contributed by atoms with E-state index in [-0.39, 0.29) is 0 Å². The van der Waals surface area contributed by atoms with Crippen LogP contribution in [0.2, 0.25) is 0 Å². The smallest absolute Gasteiger partial charge is 0.0521 e. The molecule has 0 bridgehead atoms. The SMILES string of the molecule is CC(CSCCO)CC(C)(C)C. The van der Waals surface area contributed by atoms with Crippen LogP contribution >= 0.6 is 11.8 Å². The van der Waals surface area contributed by atoms with Gasteiger partial charge in [-0.15, -0.1) is 0 Å². The Morgan fingerprint density at radius 1 is 1.33 bits per heavy atom. The highest BCUT2D eigenvalue weighted by molar-refractivity contribution is 7.99. The Kier molecular flexibility index (Phi) is 6.02. The molecule has 0 aromatic heterocycles. The van der Waals surface area contributed by atoms with E-state index >= 15 is 0 Å². The second-order valence-corrected chi connectivity index (χ2v) is 5.82. The van der Waals surface area contributed by atoms with Gasteiger partial charge in [-0.3, -0.25) is 0 Å². The van der Waals surface area contributed by atoms with Gasteiger partial charge in [0.15, 0.2) is 0 Å². The van der Waals surface area contributed by atoms with Crippen LogP contribution in [0, 0.1) is 11.3 Å². The van der Waals surface area contributed by atoms with Gasteiger partial charge in [-0.25, -0.2) is 0 Å². The Bertz CT molecular complexity index is 107. The van der Waals surface area contributed by atoms with Gasteiger partial charge in [-0.05, 0) is 23.5 Å². The summed E-state index contributed by atoms with van der Waals surface area (Å²) < 4.78 is 0. The van der Waals surface area contributed by atoms with Crippen molar-refractivity contribution in [3.8, 4) is 0 Å². The third kappa shape index (κ3) is 8.41. The fraction of sp³-hybridized carbons (Fsp3) is 1.00. The van der Waals surface area contributed by atoms with Gasteiger partial charge in [-0.2, -0.15) is 11.8 Å². The van der Waals surface area contributed by atoms with Crippen LogP contribution in [0.5, 0.6) is 0 Å². The van der Waals surface area contributed by atoms with E-state index in [0.29, 0.717) is 12.0 Å². The van der Waals surface area contributed by atoms with Gasteiger partial charge in [0.25, 0.3) is 0 Å². The molecule has 0 aromatic rings. The summed E-state index contributed by atoms with van der Waals surface area (Å²) in [4.78, 5) is 0. The van der Waals surface area contributed by atoms with E-state index in [1.807, 2.05) is 11.8 Å². The number of hydrogen-bond acceptors (Lipinski definition) is 2. The molecule has 2 heteroatoms. The van der Waals surface area contributed by atoms with E-state index in [1.54, 1.807) is 0 Å². The van der Waals surface area contributed by atoms with E-state index < -0.39 is 0 Å². The van der Waals surface area contributed by atoms with Crippen molar-refractivity contribution in [2.45, 2.75) is 34.1 Å². The van der Waals surface area contributed by atoms with Gasteiger partial charge in [-0.1, -0.05) is 27.7 Å². The first-order chi connectivity index (χ1) is 5.45. The lowest BCUT2D eigenvalue weighted by atomic mass is 9.86. The second kappa shape index (κ2) is 5.87. The van der Waals surface area contributed by atoms with Crippen molar-refractivity contribution in [3.05, 3.63) is 0 Å². The lowest BCUT2D eigenvalue weighted by molar-refractivity contribution is 0.319.